The van der Waals surface area contributed by atoms with E-state index < -0.39 is 0 Å². The molecule has 10 heavy (non-hydrogen) atoms. The fourth-order valence-corrected chi connectivity index (χ4v) is 2.80. The molecule has 2 bridgehead atoms. The second-order valence-corrected chi connectivity index (χ2v) is 4.57. The summed E-state index contributed by atoms with van der Waals surface area (Å²) in [6.07, 6.45) is 2.97. The molecule has 0 aromatic rings. The van der Waals surface area contributed by atoms with Crippen molar-refractivity contribution in [1.29, 1.82) is 0 Å². The fraction of sp³-hybridized carbons (Fsp3) is 1.00. The van der Waals surface area contributed by atoms with Gasteiger partial charge in [0.15, 0.2) is 0 Å². The molecule has 0 aromatic heterocycles. The first-order valence-electron chi connectivity index (χ1n) is 4.53. The minimum Gasteiger partial charge on any atom is -0.323 e. The van der Waals surface area contributed by atoms with Crippen molar-refractivity contribution in [1.82, 2.24) is 0 Å². The van der Waals surface area contributed by atoms with Crippen LogP contribution in [-0.2, 0) is 0 Å². The van der Waals surface area contributed by atoms with E-state index in [9.17, 15) is 0 Å². The first kappa shape index (κ1) is 6.66. The van der Waals surface area contributed by atoms with Gasteiger partial charge in [0.1, 0.15) is 0 Å². The predicted molar refractivity (Wildman–Crippen MR) is 42.7 cm³/mol. The van der Waals surface area contributed by atoms with Crippen LogP contribution in [0.2, 0.25) is 0 Å². The maximum absolute atomic E-state index is 2.47. The molecule has 2 aliphatic heterocycles. The van der Waals surface area contributed by atoms with Gasteiger partial charge in [-0.1, -0.05) is 6.92 Å². The summed E-state index contributed by atoms with van der Waals surface area (Å²) in [7, 11) is 0. The van der Waals surface area contributed by atoms with Crippen LogP contribution < -0.4 is 0 Å². The summed E-state index contributed by atoms with van der Waals surface area (Å²) in [6.45, 7) is 10.6. The summed E-state index contributed by atoms with van der Waals surface area (Å²) in [6, 6.07) is 0. The Morgan fingerprint density at radius 2 is 1.90 bits per heavy atom. The van der Waals surface area contributed by atoms with E-state index in [1.165, 1.54) is 43.5 Å². The van der Waals surface area contributed by atoms with Crippen molar-refractivity contribution in [2.45, 2.75) is 26.7 Å². The Kier molecular flexibility index (Phi) is 1.17. The normalized spacial score (nSPS) is 52.2. The SMILES string of the molecule is CC[N+]12CCC(C)(CC1)C2. The van der Waals surface area contributed by atoms with Crippen molar-refractivity contribution in [2.24, 2.45) is 5.41 Å². The molecule has 0 N–H and O–H groups in total. The van der Waals surface area contributed by atoms with E-state index in [0.717, 1.165) is 5.41 Å². The minimum atomic E-state index is 0.746. The zero-order valence-corrected chi connectivity index (χ0v) is 7.19. The molecule has 2 rings (SSSR count). The maximum Gasteiger partial charge on any atom is 0.0845 e. The Balaban J connectivity index is 2.19. The Hall–Kier alpha value is -0.0400. The lowest BCUT2D eigenvalue weighted by atomic mass is 9.87. The third-order valence-electron chi connectivity index (χ3n) is 3.77. The number of quaternary nitrogens is 1. The third kappa shape index (κ3) is 0.731. The molecule has 0 amide bonds. The Bertz CT molecular complexity index is 143. The van der Waals surface area contributed by atoms with E-state index in [2.05, 4.69) is 13.8 Å². The fourth-order valence-electron chi connectivity index (χ4n) is 2.80. The maximum atomic E-state index is 2.47. The monoisotopic (exact) mass is 140 g/mol. The molecule has 2 saturated heterocycles. The van der Waals surface area contributed by atoms with Gasteiger partial charge in [0, 0.05) is 18.3 Å². The van der Waals surface area contributed by atoms with Crippen molar-refractivity contribution < 1.29 is 4.48 Å². The molecular formula is C9H18N+. The summed E-state index contributed by atoms with van der Waals surface area (Å²) < 4.78 is 1.44. The number of fused-ring (bicyclic) bond motifs is 2. The molecule has 0 radical (unpaired) electrons. The molecule has 0 aliphatic carbocycles. The highest BCUT2D eigenvalue weighted by Gasteiger charge is 2.51. The molecule has 58 valence electrons. The third-order valence-corrected chi connectivity index (χ3v) is 3.77. The van der Waals surface area contributed by atoms with E-state index >= 15 is 0 Å². The quantitative estimate of drug-likeness (QED) is 0.486. The predicted octanol–water partition coefficient (Wildman–Crippen LogP) is 1.64. The highest BCUT2D eigenvalue weighted by atomic mass is 15.4. The number of nitrogens with zero attached hydrogens (tertiary/aromatic N) is 1. The van der Waals surface area contributed by atoms with E-state index in [0.29, 0.717) is 0 Å². The molecule has 2 fully saturated rings. The number of rotatable bonds is 1. The smallest absolute Gasteiger partial charge is 0.0845 e. The molecule has 2 heterocycles. The first-order chi connectivity index (χ1) is 4.68. The van der Waals surface area contributed by atoms with Crippen LogP contribution in [0.4, 0.5) is 0 Å². The summed E-state index contributed by atoms with van der Waals surface area (Å²) in [4.78, 5) is 0. The highest BCUT2D eigenvalue weighted by Crippen LogP contribution is 2.44. The Morgan fingerprint density at radius 1 is 1.30 bits per heavy atom. The van der Waals surface area contributed by atoms with E-state index in [1.807, 2.05) is 0 Å². The van der Waals surface area contributed by atoms with Gasteiger partial charge < -0.3 is 4.48 Å². The Morgan fingerprint density at radius 3 is 2.10 bits per heavy atom. The van der Waals surface area contributed by atoms with Crippen LogP contribution in [0.25, 0.3) is 0 Å². The van der Waals surface area contributed by atoms with Crippen molar-refractivity contribution in [3.05, 3.63) is 0 Å². The zero-order chi connectivity index (χ0) is 7.24. The molecule has 1 nitrogen and oxygen atoms in total. The van der Waals surface area contributed by atoms with Gasteiger partial charge in [0.25, 0.3) is 0 Å². The van der Waals surface area contributed by atoms with Gasteiger partial charge in [0.05, 0.1) is 26.2 Å². The van der Waals surface area contributed by atoms with Crippen molar-refractivity contribution in [2.75, 3.05) is 26.2 Å². The van der Waals surface area contributed by atoms with Crippen LogP contribution in [0.15, 0.2) is 0 Å². The Labute approximate surface area is 63.6 Å². The molecule has 2 aliphatic rings. The van der Waals surface area contributed by atoms with Crippen LogP contribution >= 0.6 is 0 Å². The molecule has 0 spiro atoms. The first-order valence-corrected chi connectivity index (χ1v) is 4.53. The van der Waals surface area contributed by atoms with Crippen LogP contribution in [0.1, 0.15) is 26.7 Å². The van der Waals surface area contributed by atoms with Gasteiger partial charge in [0.2, 0.25) is 0 Å². The molecule has 0 unspecified atom stereocenters. The van der Waals surface area contributed by atoms with Gasteiger partial charge in [-0.2, -0.15) is 0 Å². The molecule has 0 saturated carbocycles. The summed E-state index contributed by atoms with van der Waals surface area (Å²) in [5, 5.41) is 0. The van der Waals surface area contributed by atoms with Crippen LogP contribution in [-0.4, -0.2) is 30.7 Å². The van der Waals surface area contributed by atoms with Crippen molar-refractivity contribution >= 4 is 0 Å². The summed E-state index contributed by atoms with van der Waals surface area (Å²) in [5.41, 5.74) is 0.746. The lowest BCUT2D eigenvalue weighted by Crippen LogP contribution is -2.43. The average Bonchev–Trinajstić information content (AvgIpc) is 2.42. The zero-order valence-electron chi connectivity index (χ0n) is 7.19. The number of hydrogen-bond acceptors (Lipinski definition) is 0. The van der Waals surface area contributed by atoms with E-state index in [-0.39, 0.29) is 0 Å². The molecule has 1 heteroatoms. The lowest BCUT2D eigenvalue weighted by Gasteiger charge is -2.29. The standard InChI is InChI=1S/C9H18N/c1-3-10-6-4-9(2,8-10)5-7-10/h3-8H2,1-2H3/q+1. The van der Waals surface area contributed by atoms with Crippen LogP contribution in [0.3, 0.4) is 0 Å². The van der Waals surface area contributed by atoms with E-state index in [4.69, 9.17) is 0 Å². The highest BCUT2D eigenvalue weighted by molar-refractivity contribution is 4.85. The largest absolute Gasteiger partial charge is 0.323 e. The van der Waals surface area contributed by atoms with Gasteiger partial charge in [-0.15, -0.1) is 0 Å². The second kappa shape index (κ2) is 1.76. The van der Waals surface area contributed by atoms with E-state index in [1.54, 1.807) is 0 Å². The second-order valence-electron chi connectivity index (χ2n) is 4.57. The average molecular weight is 140 g/mol. The topological polar surface area (TPSA) is 0 Å². The van der Waals surface area contributed by atoms with Gasteiger partial charge in [-0.25, -0.2) is 0 Å². The molecule has 0 atom stereocenters. The number of piperidine rings is 1. The molecular weight excluding hydrogens is 122 g/mol. The van der Waals surface area contributed by atoms with Gasteiger partial charge in [-0.3, -0.25) is 0 Å². The van der Waals surface area contributed by atoms with Gasteiger partial charge >= 0.3 is 0 Å². The summed E-state index contributed by atoms with van der Waals surface area (Å²) in [5.74, 6) is 0. The van der Waals surface area contributed by atoms with Crippen LogP contribution in [0.5, 0.6) is 0 Å². The summed E-state index contributed by atoms with van der Waals surface area (Å²) >= 11 is 0. The number of hydrogen-bond donors (Lipinski definition) is 0. The minimum absolute atomic E-state index is 0.746. The van der Waals surface area contributed by atoms with Crippen molar-refractivity contribution in [3.63, 3.8) is 0 Å². The van der Waals surface area contributed by atoms with Gasteiger partial charge in [-0.05, 0) is 6.92 Å². The molecule has 0 aromatic carbocycles. The van der Waals surface area contributed by atoms with Crippen LogP contribution in [0, 0.1) is 5.41 Å². The van der Waals surface area contributed by atoms with Crippen molar-refractivity contribution in [3.8, 4) is 0 Å². The lowest BCUT2D eigenvalue weighted by molar-refractivity contribution is -0.907.